The van der Waals surface area contributed by atoms with Crippen LogP contribution in [0.4, 0.5) is 4.79 Å². The number of cyclic esters (lactones) is 1. The van der Waals surface area contributed by atoms with Crippen LogP contribution in [-0.2, 0) is 4.74 Å². The van der Waals surface area contributed by atoms with Crippen molar-refractivity contribution in [2.75, 3.05) is 6.54 Å². The van der Waals surface area contributed by atoms with Crippen molar-refractivity contribution in [3.8, 4) is 0 Å². The molecule has 1 heterocycles. The van der Waals surface area contributed by atoms with E-state index in [9.17, 15) is 4.79 Å². The molecule has 0 spiro atoms. The Bertz CT molecular complexity index is 388. The smallest absolute Gasteiger partial charge is 0.411 e. The van der Waals surface area contributed by atoms with Crippen molar-refractivity contribution in [2.24, 2.45) is 0 Å². The topological polar surface area (TPSA) is 29.5 Å². The summed E-state index contributed by atoms with van der Waals surface area (Å²) >= 11 is 0. The van der Waals surface area contributed by atoms with Gasteiger partial charge in [0.15, 0.2) is 0 Å². The van der Waals surface area contributed by atoms with Gasteiger partial charge in [-0.3, -0.25) is 4.90 Å². The molecule has 1 aliphatic heterocycles. The maximum Gasteiger partial charge on any atom is 0.411 e. The molecule has 1 amide bonds. The molecule has 0 bridgehead atoms. The van der Waals surface area contributed by atoms with Crippen molar-refractivity contribution in [2.45, 2.75) is 19.1 Å². The fraction of sp³-hybridized carbons (Fsp3) is 0.308. The molecule has 0 N–H and O–H groups in total. The summed E-state index contributed by atoms with van der Waals surface area (Å²) in [6.45, 7) is 6.22. The van der Waals surface area contributed by atoms with Crippen LogP contribution < -0.4 is 0 Å². The molecular weight excluding hydrogens is 202 g/mol. The van der Waals surface area contributed by atoms with Crippen LogP contribution >= 0.6 is 0 Å². The molecule has 1 aliphatic rings. The average molecular weight is 217 g/mol. The van der Waals surface area contributed by atoms with E-state index in [0.717, 1.165) is 5.56 Å². The SMILES string of the molecule is C=C[C@H]1CN([C@H](C)c2ccccc2)C(=O)O1. The fourth-order valence-electron chi connectivity index (χ4n) is 1.85. The minimum absolute atomic E-state index is 0.0404. The molecule has 3 nitrogen and oxygen atoms in total. The molecule has 0 unspecified atom stereocenters. The highest BCUT2D eigenvalue weighted by Crippen LogP contribution is 2.25. The number of carbonyl (C=O) groups is 1. The van der Waals surface area contributed by atoms with Crippen molar-refractivity contribution in [1.82, 2.24) is 4.90 Å². The first-order valence-corrected chi connectivity index (χ1v) is 5.37. The summed E-state index contributed by atoms with van der Waals surface area (Å²) in [4.78, 5) is 13.3. The maximum atomic E-state index is 11.6. The molecule has 1 saturated heterocycles. The zero-order chi connectivity index (χ0) is 11.5. The Morgan fingerprint density at radius 3 is 2.75 bits per heavy atom. The third-order valence-corrected chi connectivity index (χ3v) is 2.88. The van der Waals surface area contributed by atoms with E-state index in [1.54, 1.807) is 11.0 Å². The molecule has 1 aromatic carbocycles. The second kappa shape index (κ2) is 4.39. The third kappa shape index (κ3) is 1.94. The van der Waals surface area contributed by atoms with Crippen molar-refractivity contribution < 1.29 is 9.53 Å². The number of benzene rings is 1. The normalized spacial score (nSPS) is 21.7. The van der Waals surface area contributed by atoms with Gasteiger partial charge in [-0.2, -0.15) is 0 Å². The minimum Gasteiger partial charge on any atom is -0.440 e. The Hall–Kier alpha value is -1.77. The number of hydrogen-bond donors (Lipinski definition) is 0. The van der Waals surface area contributed by atoms with Gasteiger partial charge in [-0.15, -0.1) is 0 Å². The quantitative estimate of drug-likeness (QED) is 0.728. The van der Waals surface area contributed by atoms with E-state index in [-0.39, 0.29) is 18.2 Å². The first-order valence-electron chi connectivity index (χ1n) is 5.37. The van der Waals surface area contributed by atoms with Crippen molar-refractivity contribution in [3.05, 3.63) is 48.6 Å². The van der Waals surface area contributed by atoms with Gasteiger partial charge in [0, 0.05) is 0 Å². The van der Waals surface area contributed by atoms with Crippen LogP contribution in [-0.4, -0.2) is 23.6 Å². The Morgan fingerprint density at radius 1 is 1.50 bits per heavy atom. The van der Waals surface area contributed by atoms with Crippen LogP contribution in [0.5, 0.6) is 0 Å². The van der Waals surface area contributed by atoms with Gasteiger partial charge in [0.1, 0.15) is 6.10 Å². The Balaban J connectivity index is 2.14. The van der Waals surface area contributed by atoms with Gasteiger partial charge in [-0.1, -0.05) is 36.9 Å². The van der Waals surface area contributed by atoms with E-state index >= 15 is 0 Å². The van der Waals surface area contributed by atoms with Gasteiger partial charge in [0.2, 0.25) is 0 Å². The van der Waals surface area contributed by atoms with E-state index in [4.69, 9.17) is 4.74 Å². The van der Waals surface area contributed by atoms with E-state index < -0.39 is 0 Å². The predicted octanol–water partition coefficient (Wildman–Crippen LogP) is 2.75. The van der Waals surface area contributed by atoms with E-state index in [2.05, 4.69) is 6.58 Å². The largest absolute Gasteiger partial charge is 0.440 e. The molecule has 0 radical (unpaired) electrons. The van der Waals surface area contributed by atoms with Crippen molar-refractivity contribution in [1.29, 1.82) is 0 Å². The van der Waals surface area contributed by atoms with Gasteiger partial charge in [0.25, 0.3) is 0 Å². The summed E-state index contributed by atoms with van der Waals surface area (Å²) in [6.07, 6.45) is 1.22. The second-order valence-electron chi connectivity index (χ2n) is 3.90. The van der Waals surface area contributed by atoms with Crippen molar-refractivity contribution in [3.63, 3.8) is 0 Å². The molecule has 2 rings (SSSR count). The van der Waals surface area contributed by atoms with Crippen LogP contribution in [0.1, 0.15) is 18.5 Å². The van der Waals surface area contributed by atoms with Crippen LogP contribution in [0.25, 0.3) is 0 Å². The summed E-state index contributed by atoms with van der Waals surface area (Å²) in [5.41, 5.74) is 1.11. The number of hydrogen-bond acceptors (Lipinski definition) is 2. The summed E-state index contributed by atoms with van der Waals surface area (Å²) < 4.78 is 5.13. The lowest BCUT2D eigenvalue weighted by atomic mass is 10.1. The molecule has 3 heteroatoms. The lowest BCUT2D eigenvalue weighted by Crippen LogP contribution is -2.28. The predicted molar refractivity (Wildman–Crippen MR) is 62.0 cm³/mol. The summed E-state index contributed by atoms with van der Waals surface area (Å²) in [6, 6.07) is 9.97. The molecule has 1 fully saturated rings. The number of nitrogens with zero attached hydrogens (tertiary/aromatic N) is 1. The second-order valence-corrected chi connectivity index (χ2v) is 3.90. The Kier molecular flexibility index (Phi) is 2.95. The molecule has 0 aromatic heterocycles. The third-order valence-electron chi connectivity index (χ3n) is 2.88. The monoisotopic (exact) mass is 217 g/mol. The number of amides is 1. The lowest BCUT2D eigenvalue weighted by molar-refractivity contribution is 0.139. The van der Waals surface area contributed by atoms with Gasteiger partial charge < -0.3 is 4.74 Å². The lowest BCUT2D eigenvalue weighted by Gasteiger charge is -2.21. The molecule has 84 valence electrons. The molecule has 2 atom stereocenters. The Morgan fingerprint density at radius 2 is 2.19 bits per heavy atom. The van der Waals surface area contributed by atoms with Crippen LogP contribution in [0.2, 0.25) is 0 Å². The first kappa shape index (κ1) is 10.7. The number of ether oxygens (including phenoxy) is 1. The van der Waals surface area contributed by atoms with E-state index in [0.29, 0.717) is 6.54 Å². The fourth-order valence-corrected chi connectivity index (χ4v) is 1.85. The summed E-state index contributed by atoms with van der Waals surface area (Å²) in [7, 11) is 0. The number of rotatable bonds is 3. The van der Waals surface area contributed by atoms with Gasteiger partial charge in [0.05, 0.1) is 12.6 Å². The minimum atomic E-state index is -0.263. The zero-order valence-corrected chi connectivity index (χ0v) is 9.30. The summed E-state index contributed by atoms with van der Waals surface area (Å²) in [5.74, 6) is 0. The molecule has 16 heavy (non-hydrogen) atoms. The van der Waals surface area contributed by atoms with Crippen LogP contribution in [0, 0.1) is 0 Å². The van der Waals surface area contributed by atoms with Gasteiger partial charge >= 0.3 is 6.09 Å². The number of carbonyl (C=O) groups excluding carboxylic acids is 1. The molecule has 0 aliphatic carbocycles. The van der Waals surface area contributed by atoms with Gasteiger partial charge in [-0.05, 0) is 18.6 Å². The standard InChI is InChI=1S/C13H15NO2/c1-3-12-9-14(13(15)16-12)10(2)11-7-5-4-6-8-11/h3-8,10,12H,1,9H2,2H3/t10-,12+/m1/s1. The zero-order valence-electron chi connectivity index (χ0n) is 9.30. The highest BCUT2D eigenvalue weighted by molar-refractivity contribution is 5.71. The molecule has 1 aromatic rings. The van der Waals surface area contributed by atoms with Crippen LogP contribution in [0.15, 0.2) is 43.0 Å². The molecular formula is C13H15NO2. The molecule has 0 saturated carbocycles. The van der Waals surface area contributed by atoms with Crippen LogP contribution in [0.3, 0.4) is 0 Å². The van der Waals surface area contributed by atoms with E-state index in [1.165, 1.54) is 0 Å². The van der Waals surface area contributed by atoms with Gasteiger partial charge in [-0.25, -0.2) is 4.79 Å². The summed E-state index contributed by atoms with van der Waals surface area (Å²) in [5, 5.41) is 0. The highest BCUT2D eigenvalue weighted by Gasteiger charge is 2.33. The average Bonchev–Trinajstić information content (AvgIpc) is 2.71. The van der Waals surface area contributed by atoms with Crippen molar-refractivity contribution >= 4 is 6.09 Å². The first-order chi connectivity index (χ1) is 7.72. The highest BCUT2D eigenvalue weighted by atomic mass is 16.6. The maximum absolute atomic E-state index is 11.6. The van der Waals surface area contributed by atoms with E-state index in [1.807, 2.05) is 37.3 Å². The Labute approximate surface area is 95.3 Å².